The second-order valence-electron chi connectivity index (χ2n) is 10.5. The van der Waals surface area contributed by atoms with Crippen molar-refractivity contribution in [3.05, 3.63) is 36.2 Å². The van der Waals surface area contributed by atoms with Gasteiger partial charge in [0.15, 0.2) is 6.04 Å². The number of primary amides is 1. The Morgan fingerprint density at radius 1 is 1.13 bits per heavy atom. The molecule has 1 aliphatic heterocycles. The molecule has 12 heteroatoms. The van der Waals surface area contributed by atoms with Crippen molar-refractivity contribution in [3.8, 4) is 0 Å². The minimum atomic E-state index is -3.67. The Kier molecular flexibility index (Phi) is 7.61. The van der Waals surface area contributed by atoms with Gasteiger partial charge in [-0.3, -0.25) is 19.2 Å². The summed E-state index contributed by atoms with van der Waals surface area (Å²) in [6.45, 7) is 3.97. The van der Waals surface area contributed by atoms with Crippen LogP contribution in [0.1, 0.15) is 51.8 Å². The summed E-state index contributed by atoms with van der Waals surface area (Å²) in [6.07, 6.45) is 3.90. The monoisotopic (exact) mass is 530 g/mol. The summed E-state index contributed by atoms with van der Waals surface area (Å²) in [5, 5.41) is 14.1. The average molecular weight is 531 g/mol. The van der Waals surface area contributed by atoms with Crippen molar-refractivity contribution in [1.82, 2.24) is 25.7 Å². The number of carbonyl (C=O) groups excluding carboxylic acids is 4. The maximum absolute atomic E-state index is 13.7. The molecule has 5 atom stereocenters. The predicted octanol–water partition coefficient (Wildman–Crippen LogP) is 1.70. The lowest BCUT2D eigenvalue weighted by Crippen LogP contribution is -2.58. The number of hydrogen-bond donors (Lipinski definition) is 3. The highest BCUT2D eigenvalue weighted by atomic mass is 19.3. The molecule has 2 aromatic rings. The quantitative estimate of drug-likeness (QED) is 0.473. The van der Waals surface area contributed by atoms with E-state index in [1.165, 1.54) is 11.1 Å². The molecule has 38 heavy (non-hydrogen) atoms. The number of hydrogen-bond acceptors (Lipinski definition) is 6. The van der Waals surface area contributed by atoms with E-state index in [2.05, 4.69) is 20.8 Å². The predicted molar refractivity (Wildman–Crippen MR) is 133 cm³/mol. The van der Waals surface area contributed by atoms with E-state index in [1.54, 1.807) is 38.1 Å². The highest BCUT2D eigenvalue weighted by Crippen LogP contribution is 2.43. The Labute approximate surface area is 218 Å². The maximum atomic E-state index is 13.7. The van der Waals surface area contributed by atoms with Gasteiger partial charge in [0.1, 0.15) is 17.8 Å². The summed E-state index contributed by atoms with van der Waals surface area (Å²) < 4.78 is 27.2. The van der Waals surface area contributed by atoms with Gasteiger partial charge in [-0.1, -0.05) is 44.5 Å². The van der Waals surface area contributed by atoms with Crippen molar-refractivity contribution >= 4 is 34.4 Å². The third-order valence-corrected chi connectivity index (χ3v) is 7.50. The van der Waals surface area contributed by atoms with Gasteiger partial charge in [0.25, 0.3) is 5.91 Å². The number of benzene rings is 1. The fraction of sp³-hybridized carbons (Fsp3) is 0.538. The summed E-state index contributed by atoms with van der Waals surface area (Å²) in [5.74, 6) is -7.94. The minimum absolute atomic E-state index is 0.0372. The number of nitrogens with zero attached hydrogens (tertiary/aromatic N) is 3. The molecule has 4 N–H and O–H groups in total. The van der Waals surface area contributed by atoms with Crippen molar-refractivity contribution < 1.29 is 28.0 Å². The highest BCUT2D eigenvalue weighted by Gasteiger charge is 2.51. The van der Waals surface area contributed by atoms with Crippen LogP contribution in [0.5, 0.6) is 0 Å². The van der Waals surface area contributed by atoms with Crippen molar-refractivity contribution in [1.29, 1.82) is 0 Å². The summed E-state index contributed by atoms with van der Waals surface area (Å²) in [6, 6.07) is 3.56. The molecule has 0 spiro atoms. The highest BCUT2D eigenvalue weighted by molar-refractivity contribution is 5.97. The van der Waals surface area contributed by atoms with Crippen molar-refractivity contribution in [3.63, 3.8) is 0 Å². The molecule has 2 heterocycles. The topological polar surface area (TPSA) is 147 Å². The zero-order chi connectivity index (χ0) is 27.8. The van der Waals surface area contributed by atoms with E-state index < -0.39 is 53.6 Å². The smallest absolute Gasteiger partial charge is 0.321 e. The number of likely N-dealkylation sites (tertiary alicyclic amines) is 1. The first-order valence-electron chi connectivity index (χ1n) is 12.7. The zero-order valence-corrected chi connectivity index (χ0v) is 21.5. The number of carbonyl (C=O) groups is 4. The fourth-order valence-corrected chi connectivity index (χ4v) is 5.59. The molecule has 2 fully saturated rings. The van der Waals surface area contributed by atoms with Crippen LogP contribution in [0.3, 0.4) is 0 Å². The number of aromatic nitrogens is 2. The fourth-order valence-electron chi connectivity index (χ4n) is 5.59. The normalized spacial score (nSPS) is 22.7. The number of amides is 4. The van der Waals surface area contributed by atoms with Crippen molar-refractivity contribution in [2.75, 3.05) is 6.54 Å². The lowest BCUT2D eigenvalue weighted by molar-refractivity contribution is -0.149. The molecule has 1 aliphatic carbocycles. The van der Waals surface area contributed by atoms with Crippen LogP contribution in [0.25, 0.3) is 10.8 Å². The molecular formula is C26H32F2N6O4. The number of fused-ring (bicyclic) bond motifs is 2. The van der Waals surface area contributed by atoms with E-state index >= 15 is 0 Å². The summed E-state index contributed by atoms with van der Waals surface area (Å²) in [4.78, 5) is 53.2. The molecule has 4 rings (SSSR count). The Hall–Kier alpha value is -3.70. The molecule has 4 amide bonds. The van der Waals surface area contributed by atoms with Crippen molar-refractivity contribution in [2.24, 2.45) is 23.5 Å². The SMILES string of the molecule is CC(C)C(NC(=O)C(C)(F)F)C(=O)N1C[C@@H]2CCC[C@@H]2[C@H]1C(=O)NC(C(N)=O)c1nncc2ccccc12. The lowest BCUT2D eigenvalue weighted by Gasteiger charge is -2.33. The van der Waals surface area contributed by atoms with Gasteiger partial charge in [-0.05, 0) is 30.6 Å². The molecule has 10 nitrogen and oxygen atoms in total. The van der Waals surface area contributed by atoms with Crippen LogP contribution in [0, 0.1) is 17.8 Å². The second-order valence-corrected chi connectivity index (χ2v) is 10.5. The summed E-state index contributed by atoms with van der Waals surface area (Å²) >= 11 is 0. The third-order valence-electron chi connectivity index (χ3n) is 7.50. The Bertz CT molecular complexity index is 1240. The number of nitrogens with one attached hydrogen (secondary N) is 2. The van der Waals surface area contributed by atoms with Gasteiger partial charge in [-0.15, -0.1) is 0 Å². The van der Waals surface area contributed by atoms with Gasteiger partial charge < -0.3 is 21.3 Å². The van der Waals surface area contributed by atoms with Crippen LogP contribution in [0.15, 0.2) is 30.5 Å². The molecule has 1 saturated carbocycles. The van der Waals surface area contributed by atoms with Crippen LogP contribution < -0.4 is 16.4 Å². The van der Waals surface area contributed by atoms with Crippen LogP contribution >= 0.6 is 0 Å². The molecule has 1 saturated heterocycles. The first kappa shape index (κ1) is 27.3. The Morgan fingerprint density at radius 3 is 2.50 bits per heavy atom. The van der Waals surface area contributed by atoms with Gasteiger partial charge in [-0.2, -0.15) is 19.0 Å². The molecule has 0 radical (unpaired) electrons. The molecule has 0 bridgehead atoms. The number of alkyl halides is 2. The molecular weight excluding hydrogens is 498 g/mol. The van der Waals surface area contributed by atoms with Crippen LogP contribution in [-0.4, -0.2) is 63.3 Å². The summed E-state index contributed by atoms with van der Waals surface area (Å²) in [5.41, 5.74) is 5.85. The van der Waals surface area contributed by atoms with Crippen LogP contribution in [-0.2, 0) is 19.2 Å². The Balaban J connectivity index is 1.63. The van der Waals surface area contributed by atoms with Gasteiger partial charge in [0.2, 0.25) is 17.7 Å². The van der Waals surface area contributed by atoms with E-state index in [0.717, 1.165) is 12.8 Å². The minimum Gasteiger partial charge on any atom is -0.368 e. The number of nitrogens with two attached hydrogens (primary N) is 1. The molecule has 2 aliphatic rings. The zero-order valence-electron chi connectivity index (χ0n) is 21.5. The largest absolute Gasteiger partial charge is 0.368 e. The molecule has 1 aromatic heterocycles. The van der Waals surface area contributed by atoms with E-state index in [9.17, 15) is 28.0 Å². The lowest BCUT2D eigenvalue weighted by atomic mass is 9.92. The first-order valence-corrected chi connectivity index (χ1v) is 12.7. The van der Waals surface area contributed by atoms with E-state index in [0.29, 0.717) is 24.1 Å². The van der Waals surface area contributed by atoms with Gasteiger partial charge in [0, 0.05) is 24.2 Å². The maximum Gasteiger partial charge on any atom is 0.321 e. The van der Waals surface area contributed by atoms with Gasteiger partial charge in [-0.25, -0.2) is 0 Å². The number of halogens is 2. The summed E-state index contributed by atoms with van der Waals surface area (Å²) in [7, 11) is 0. The number of rotatable bonds is 8. The van der Waals surface area contributed by atoms with E-state index in [4.69, 9.17) is 5.73 Å². The molecule has 1 aromatic carbocycles. The van der Waals surface area contributed by atoms with E-state index in [-0.39, 0.29) is 24.1 Å². The van der Waals surface area contributed by atoms with Crippen LogP contribution in [0.2, 0.25) is 0 Å². The van der Waals surface area contributed by atoms with Gasteiger partial charge >= 0.3 is 5.92 Å². The molecule has 2 unspecified atom stereocenters. The van der Waals surface area contributed by atoms with Crippen LogP contribution in [0.4, 0.5) is 8.78 Å². The second kappa shape index (κ2) is 10.6. The van der Waals surface area contributed by atoms with E-state index in [1.807, 2.05) is 0 Å². The standard InChI is InChI=1S/C26H32F2N6O4/c1-13(2)18(32-25(38)26(3,27)28)24(37)34-12-15-8-6-10-17(15)21(34)23(36)31-20(22(29)35)19-16-9-5-4-7-14(16)11-30-33-19/h4-5,7,9,11,13,15,17-18,20-21H,6,8,10,12H2,1-3H3,(H2,29,35)(H,31,36)(H,32,38)/t15-,17-,18?,20?,21-/m0/s1. The third kappa shape index (κ3) is 5.30. The molecule has 204 valence electrons. The first-order chi connectivity index (χ1) is 17.9. The Morgan fingerprint density at radius 2 is 1.84 bits per heavy atom. The van der Waals surface area contributed by atoms with Gasteiger partial charge in [0.05, 0.1) is 6.20 Å². The van der Waals surface area contributed by atoms with Crippen molar-refractivity contribution in [2.45, 2.75) is 64.1 Å². The average Bonchev–Trinajstić information content (AvgIpc) is 3.45.